The number of nitrogens with zero attached hydrogens (tertiary/aromatic N) is 3. The van der Waals surface area contributed by atoms with Crippen LogP contribution in [0.2, 0.25) is 0 Å². The number of unbranched alkanes of at least 4 members (excludes halogenated alkanes) is 6. The molecule has 0 saturated heterocycles. The van der Waals surface area contributed by atoms with Crippen LogP contribution in [0.25, 0.3) is 0 Å². The third-order valence-electron chi connectivity index (χ3n) is 6.63. The monoisotopic (exact) mass is 497 g/mol. The number of hydrogen-bond donors (Lipinski definition) is 0. The average Bonchev–Trinajstić information content (AvgIpc) is 3.31. The second kappa shape index (κ2) is 17.0. The summed E-state index contributed by atoms with van der Waals surface area (Å²) in [6, 6.07) is 14.4. The zero-order valence-corrected chi connectivity index (χ0v) is 23.0. The van der Waals surface area contributed by atoms with Gasteiger partial charge in [0.25, 0.3) is 0 Å². The largest absolute Gasteiger partial charge is 0.383 e. The molecule has 1 aromatic carbocycles. The quantitative estimate of drug-likeness (QED) is 0.241. The van der Waals surface area contributed by atoms with Gasteiger partial charge in [-0.2, -0.15) is 0 Å². The molecule has 200 valence electrons. The summed E-state index contributed by atoms with van der Waals surface area (Å²) in [5.74, 6) is 0.0200. The van der Waals surface area contributed by atoms with Crippen molar-refractivity contribution < 1.29 is 14.3 Å². The van der Waals surface area contributed by atoms with E-state index in [0.29, 0.717) is 26.1 Å². The van der Waals surface area contributed by atoms with Crippen molar-refractivity contribution in [3.05, 3.63) is 59.9 Å². The summed E-state index contributed by atoms with van der Waals surface area (Å²) in [5, 5.41) is 0. The Morgan fingerprint density at radius 2 is 1.61 bits per heavy atom. The number of methoxy groups -OCH3 is 1. The van der Waals surface area contributed by atoms with Crippen molar-refractivity contribution in [2.45, 2.75) is 91.3 Å². The Kier molecular flexibility index (Phi) is 14.0. The standard InChI is InChI=1S/C30H47N3O3/c1-5-6-7-8-9-10-14-19-29(34)32(21-22-36-4)25-30(35)33(26(2)3)24-28-18-15-20-31(28)23-27-16-12-11-13-17-27/h11-13,15-18,20,26H,5-10,14,19,21-25H2,1-4H3. The fraction of sp³-hybridized carbons (Fsp3) is 0.600. The Labute approximate surface area is 218 Å². The molecule has 0 N–H and O–H groups in total. The van der Waals surface area contributed by atoms with Crippen LogP contribution in [-0.2, 0) is 27.4 Å². The molecule has 0 aliphatic heterocycles. The molecule has 2 amide bonds. The van der Waals surface area contributed by atoms with Crippen LogP contribution in [0.5, 0.6) is 0 Å². The number of amides is 2. The number of ether oxygens (including phenoxy) is 1. The minimum atomic E-state index is -0.0264. The topological polar surface area (TPSA) is 54.8 Å². The molecular formula is C30H47N3O3. The maximum absolute atomic E-state index is 13.4. The Morgan fingerprint density at radius 1 is 0.917 bits per heavy atom. The molecule has 0 aliphatic rings. The first kappa shape index (κ1) is 29.6. The lowest BCUT2D eigenvalue weighted by molar-refractivity contribution is -0.142. The Bertz CT molecular complexity index is 879. The SMILES string of the molecule is CCCCCCCCCC(=O)N(CCOC)CC(=O)N(Cc1cccn1Cc1ccccc1)C(C)C. The molecule has 2 aromatic rings. The second-order valence-corrected chi connectivity index (χ2v) is 9.91. The molecule has 1 aromatic heterocycles. The van der Waals surface area contributed by atoms with E-state index >= 15 is 0 Å². The number of aromatic nitrogens is 1. The second-order valence-electron chi connectivity index (χ2n) is 9.91. The lowest BCUT2D eigenvalue weighted by Crippen LogP contribution is -2.46. The Hall–Kier alpha value is -2.60. The van der Waals surface area contributed by atoms with Crippen molar-refractivity contribution in [1.29, 1.82) is 0 Å². The van der Waals surface area contributed by atoms with Gasteiger partial charge in [0.05, 0.1) is 19.7 Å². The molecule has 0 unspecified atom stereocenters. The highest BCUT2D eigenvalue weighted by molar-refractivity contribution is 5.85. The van der Waals surface area contributed by atoms with Gasteiger partial charge in [-0.25, -0.2) is 0 Å². The fourth-order valence-electron chi connectivity index (χ4n) is 4.40. The van der Waals surface area contributed by atoms with E-state index in [2.05, 4.69) is 35.9 Å². The van der Waals surface area contributed by atoms with Crippen molar-refractivity contribution in [2.24, 2.45) is 0 Å². The van der Waals surface area contributed by atoms with Gasteiger partial charge in [0, 0.05) is 44.6 Å². The first-order chi connectivity index (χ1) is 17.5. The van der Waals surface area contributed by atoms with Crippen molar-refractivity contribution in [1.82, 2.24) is 14.4 Å². The lowest BCUT2D eigenvalue weighted by atomic mass is 10.1. The predicted molar refractivity (Wildman–Crippen MR) is 147 cm³/mol. The van der Waals surface area contributed by atoms with Crippen LogP contribution in [0.3, 0.4) is 0 Å². The summed E-state index contributed by atoms with van der Waals surface area (Å²) >= 11 is 0. The zero-order chi connectivity index (χ0) is 26.2. The van der Waals surface area contributed by atoms with E-state index in [1.807, 2.05) is 43.0 Å². The van der Waals surface area contributed by atoms with Gasteiger partial charge in [-0.05, 0) is 38.0 Å². The van der Waals surface area contributed by atoms with E-state index in [9.17, 15) is 9.59 Å². The molecule has 1 heterocycles. The minimum Gasteiger partial charge on any atom is -0.383 e. The molecule has 36 heavy (non-hydrogen) atoms. The summed E-state index contributed by atoms with van der Waals surface area (Å²) < 4.78 is 7.41. The zero-order valence-electron chi connectivity index (χ0n) is 23.0. The first-order valence-electron chi connectivity index (χ1n) is 13.7. The molecule has 6 nitrogen and oxygen atoms in total. The predicted octanol–water partition coefficient (Wildman–Crippen LogP) is 5.89. The van der Waals surface area contributed by atoms with Gasteiger partial charge >= 0.3 is 0 Å². The first-order valence-corrected chi connectivity index (χ1v) is 13.7. The highest BCUT2D eigenvalue weighted by atomic mass is 16.5. The Balaban J connectivity index is 1.96. The minimum absolute atomic E-state index is 0.0264. The highest BCUT2D eigenvalue weighted by Crippen LogP contribution is 2.14. The van der Waals surface area contributed by atoms with Crippen molar-refractivity contribution in [3.63, 3.8) is 0 Å². The molecule has 0 radical (unpaired) electrons. The van der Waals surface area contributed by atoms with E-state index in [1.165, 1.54) is 37.7 Å². The molecule has 2 rings (SSSR count). The van der Waals surface area contributed by atoms with E-state index in [4.69, 9.17) is 4.74 Å². The summed E-state index contributed by atoms with van der Waals surface area (Å²) in [6.07, 6.45) is 10.7. The molecule has 6 heteroatoms. The van der Waals surface area contributed by atoms with Crippen LogP contribution in [0.1, 0.15) is 83.4 Å². The highest BCUT2D eigenvalue weighted by Gasteiger charge is 2.23. The van der Waals surface area contributed by atoms with Gasteiger partial charge in [0.15, 0.2) is 0 Å². The maximum Gasteiger partial charge on any atom is 0.242 e. The summed E-state index contributed by atoms with van der Waals surface area (Å²) in [5.41, 5.74) is 2.30. The summed E-state index contributed by atoms with van der Waals surface area (Å²) in [6.45, 7) is 8.52. The van der Waals surface area contributed by atoms with Gasteiger partial charge in [-0.1, -0.05) is 75.8 Å². The van der Waals surface area contributed by atoms with E-state index in [1.54, 1.807) is 12.0 Å². The van der Waals surface area contributed by atoms with E-state index in [0.717, 1.165) is 25.1 Å². The van der Waals surface area contributed by atoms with Crippen LogP contribution in [0, 0.1) is 0 Å². The number of benzene rings is 1. The van der Waals surface area contributed by atoms with Crippen molar-refractivity contribution in [2.75, 3.05) is 26.8 Å². The fourth-order valence-corrected chi connectivity index (χ4v) is 4.40. The normalized spacial score (nSPS) is 11.1. The van der Waals surface area contributed by atoms with E-state index < -0.39 is 0 Å². The maximum atomic E-state index is 13.4. The molecule has 0 fully saturated rings. The van der Waals surface area contributed by atoms with Gasteiger partial charge in [0.1, 0.15) is 0 Å². The van der Waals surface area contributed by atoms with Crippen LogP contribution in [-0.4, -0.2) is 59.0 Å². The number of carbonyl (C=O) groups excluding carboxylic acids is 2. The van der Waals surface area contributed by atoms with Gasteiger partial charge in [-0.15, -0.1) is 0 Å². The smallest absolute Gasteiger partial charge is 0.242 e. The summed E-state index contributed by atoms with van der Waals surface area (Å²) in [7, 11) is 1.63. The van der Waals surface area contributed by atoms with Gasteiger partial charge < -0.3 is 19.1 Å². The average molecular weight is 498 g/mol. The van der Waals surface area contributed by atoms with Crippen LogP contribution in [0.15, 0.2) is 48.7 Å². The Morgan fingerprint density at radius 3 is 2.28 bits per heavy atom. The molecule has 0 bridgehead atoms. The number of hydrogen-bond acceptors (Lipinski definition) is 3. The summed E-state index contributed by atoms with van der Waals surface area (Å²) in [4.78, 5) is 30.0. The van der Waals surface area contributed by atoms with Gasteiger partial charge in [0.2, 0.25) is 11.8 Å². The third-order valence-corrected chi connectivity index (χ3v) is 6.63. The number of carbonyl (C=O) groups is 2. The molecule has 0 saturated carbocycles. The third kappa shape index (κ3) is 10.6. The molecule has 0 aliphatic carbocycles. The lowest BCUT2D eigenvalue weighted by Gasteiger charge is -2.31. The van der Waals surface area contributed by atoms with Crippen LogP contribution in [0.4, 0.5) is 0 Å². The molecular weight excluding hydrogens is 450 g/mol. The number of rotatable bonds is 18. The molecule has 0 atom stereocenters. The van der Waals surface area contributed by atoms with Crippen LogP contribution < -0.4 is 0 Å². The van der Waals surface area contributed by atoms with Gasteiger partial charge in [-0.3, -0.25) is 9.59 Å². The van der Waals surface area contributed by atoms with Crippen LogP contribution >= 0.6 is 0 Å². The van der Waals surface area contributed by atoms with E-state index in [-0.39, 0.29) is 24.4 Å². The van der Waals surface area contributed by atoms with Crippen molar-refractivity contribution >= 4 is 11.8 Å². The van der Waals surface area contributed by atoms with Crippen molar-refractivity contribution in [3.8, 4) is 0 Å². The molecule has 0 spiro atoms.